The molecule has 2 N–H and O–H groups in total. The number of aryl methyl sites for hydroxylation is 1. The van der Waals surface area contributed by atoms with Crippen LogP contribution in [0.25, 0.3) is 0 Å². The number of hydrogen-bond donors (Lipinski definition) is 2. The SMILES string of the molecule is COc1cc(NC(=O)c2cccc(C)c2[N+](=O)[O-])ccc1NS(C)(=O)=O. The first-order valence-electron chi connectivity index (χ1n) is 7.33. The highest BCUT2D eigenvalue weighted by molar-refractivity contribution is 7.92. The van der Waals surface area contributed by atoms with Crippen molar-refractivity contribution in [2.45, 2.75) is 6.92 Å². The van der Waals surface area contributed by atoms with Gasteiger partial charge in [0.1, 0.15) is 11.3 Å². The Morgan fingerprint density at radius 1 is 1.23 bits per heavy atom. The molecule has 2 rings (SSSR count). The number of methoxy groups -OCH3 is 1. The lowest BCUT2D eigenvalue weighted by Crippen LogP contribution is -2.15. The minimum absolute atomic E-state index is 0.0766. The van der Waals surface area contributed by atoms with Crippen LogP contribution in [0.4, 0.5) is 17.1 Å². The lowest BCUT2D eigenvalue weighted by molar-refractivity contribution is -0.385. The summed E-state index contributed by atoms with van der Waals surface area (Å²) in [6.07, 6.45) is 0.999. The predicted octanol–water partition coefficient (Wildman–Crippen LogP) is 2.54. The summed E-state index contributed by atoms with van der Waals surface area (Å²) in [6, 6.07) is 8.74. The molecule has 2 aromatic carbocycles. The summed E-state index contributed by atoms with van der Waals surface area (Å²) in [5.41, 5.74) is 0.517. The Hall–Kier alpha value is -3.14. The zero-order valence-corrected chi connectivity index (χ0v) is 15.1. The fourth-order valence-electron chi connectivity index (χ4n) is 2.34. The summed E-state index contributed by atoms with van der Waals surface area (Å²) >= 11 is 0. The van der Waals surface area contributed by atoms with Crippen LogP contribution in [-0.4, -0.2) is 32.6 Å². The van der Waals surface area contributed by atoms with Crippen LogP contribution in [0.15, 0.2) is 36.4 Å². The number of carbonyl (C=O) groups is 1. The van der Waals surface area contributed by atoms with Crippen molar-refractivity contribution < 1.29 is 22.9 Å². The number of nitrogens with zero attached hydrogens (tertiary/aromatic N) is 1. The molecule has 0 aliphatic rings. The molecule has 10 heteroatoms. The molecule has 1 amide bonds. The maximum Gasteiger partial charge on any atom is 0.285 e. The van der Waals surface area contributed by atoms with Crippen LogP contribution in [0.3, 0.4) is 0 Å². The number of nitro groups is 1. The third kappa shape index (κ3) is 4.48. The number of carbonyl (C=O) groups excluding carboxylic acids is 1. The number of para-hydroxylation sites is 1. The van der Waals surface area contributed by atoms with Crippen molar-refractivity contribution in [1.29, 1.82) is 0 Å². The van der Waals surface area contributed by atoms with Gasteiger partial charge >= 0.3 is 0 Å². The molecule has 0 spiro atoms. The van der Waals surface area contributed by atoms with Gasteiger partial charge in [-0.3, -0.25) is 19.6 Å². The highest BCUT2D eigenvalue weighted by Crippen LogP contribution is 2.30. The third-order valence-corrected chi connectivity index (χ3v) is 4.01. The zero-order valence-electron chi connectivity index (χ0n) is 14.3. The van der Waals surface area contributed by atoms with Crippen LogP contribution < -0.4 is 14.8 Å². The number of ether oxygens (including phenoxy) is 1. The van der Waals surface area contributed by atoms with E-state index in [0.29, 0.717) is 11.3 Å². The number of amides is 1. The normalized spacial score (nSPS) is 10.9. The van der Waals surface area contributed by atoms with Gasteiger partial charge in [-0.05, 0) is 25.1 Å². The molecule has 0 atom stereocenters. The van der Waals surface area contributed by atoms with Crippen LogP contribution >= 0.6 is 0 Å². The molecule has 0 aliphatic heterocycles. The monoisotopic (exact) mass is 379 g/mol. The van der Waals surface area contributed by atoms with Crippen LogP contribution in [-0.2, 0) is 10.0 Å². The van der Waals surface area contributed by atoms with Gasteiger partial charge in [0.15, 0.2) is 0 Å². The molecule has 0 aromatic heterocycles. The van der Waals surface area contributed by atoms with E-state index in [0.717, 1.165) is 6.26 Å². The Balaban J connectivity index is 2.33. The van der Waals surface area contributed by atoms with Crippen molar-refractivity contribution in [1.82, 2.24) is 0 Å². The minimum Gasteiger partial charge on any atom is -0.494 e. The molecular formula is C16H17N3O6S. The van der Waals surface area contributed by atoms with Crippen LogP contribution in [0.5, 0.6) is 5.75 Å². The largest absolute Gasteiger partial charge is 0.494 e. The zero-order chi connectivity index (χ0) is 19.5. The molecule has 0 unspecified atom stereocenters. The van der Waals surface area contributed by atoms with E-state index in [1.54, 1.807) is 19.1 Å². The van der Waals surface area contributed by atoms with Gasteiger partial charge in [0, 0.05) is 17.3 Å². The van der Waals surface area contributed by atoms with E-state index in [2.05, 4.69) is 10.0 Å². The van der Waals surface area contributed by atoms with Crippen molar-refractivity contribution in [3.05, 3.63) is 57.6 Å². The van der Waals surface area contributed by atoms with Gasteiger partial charge in [0.2, 0.25) is 10.0 Å². The highest BCUT2D eigenvalue weighted by atomic mass is 32.2. The maximum absolute atomic E-state index is 12.4. The summed E-state index contributed by atoms with van der Waals surface area (Å²) in [5, 5.41) is 13.8. The number of sulfonamides is 1. The number of anilines is 2. The second kappa shape index (κ2) is 7.40. The number of benzene rings is 2. The minimum atomic E-state index is -3.50. The first-order valence-corrected chi connectivity index (χ1v) is 9.22. The van der Waals surface area contributed by atoms with E-state index in [9.17, 15) is 23.3 Å². The first kappa shape index (κ1) is 19.2. The van der Waals surface area contributed by atoms with Crippen LogP contribution in [0, 0.1) is 17.0 Å². The smallest absolute Gasteiger partial charge is 0.285 e. The molecule has 0 aliphatic carbocycles. The fraction of sp³-hybridized carbons (Fsp3) is 0.188. The first-order chi connectivity index (χ1) is 12.1. The van der Waals surface area contributed by atoms with Gasteiger partial charge < -0.3 is 10.1 Å². The lowest BCUT2D eigenvalue weighted by Gasteiger charge is -2.12. The Kier molecular flexibility index (Phi) is 5.46. The van der Waals surface area contributed by atoms with Crippen molar-refractivity contribution in [2.24, 2.45) is 0 Å². The fourth-order valence-corrected chi connectivity index (χ4v) is 2.90. The quantitative estimate of drug-likeness (QED) is 0.586. The molecule has 0 bridgehead atoms. The Bertz CT molecular complexity index is 972. The molecule has 0 heterocycles. The Morgan fingerprint density at radius 3 is 2.50 bits per heavy atom. The topological polar surface area (TPSA) is 128 Å². The maximum atomic E-state index is 12.4. The van der Waals surface area contributed by atoms with E-state index >= 15 is 0 Å². The van der Waals surface area contributed by atoms with Crippen molar-refractivity contribution in [3.63, 3.8) is 0 Å². The van der Waals surface area contributed by atoms with Gasteiger partial charge in [-0.15, -0.1) is 0 Å². The van der Waals surface area contributed by atoms with Gasteiger partial charge in [-0.1, -0.05) is 12.1 Å². The summed E-state index contributed by atoms with van der Waals surface area (Å²) < 4.78 is 30.1. The standard InChI is InChI=1S/C16H17N3O6S/c1-10-5-4-6-12(15(10)19(21)22)16(20)17-11-7-8-13(14(9-11)25-2)18-26(3,23)24/h4-9,18H,1-3H3,(H,17,20). The number of rotatable bonds is 6. The van der Waals surface area contributed by atoms with Gasteiger partial charge in [-0.2, -0.15) is 0 Å². The van der Waals surface area contributed by atoms with E-state index < -0.39 is 20.9 Å². The lowest BCUT2D eigenvalue weighted by atomic mass is 10.1. The second-order valence-corrected chi connectivity index (χ2v) is 7.22. The van der Waals surface area contributed by atoms with E-state index in [1.165, 1.54) is 31.4 Å². The number of nitro benzene ring substituents is 1. The van der Waals surface area contributed by atoms with Crippen LogP contribution in [0.2, 0.25) is 0 Å². The molecule has 0 radical (unpaired) electrons. The molecule has 0 saturated heterocycles. The van der Waals surface area contributed by atoms with Gasteiger partial charge in [-0.25, -0.2) is 8.42 Å². The van der Waals surface area contributed by atoms with Crippen molar-refractivity contribution in [2.75, 3.05) is 23.4 Å². The molecule has 0 fully saturated rings. The average Bonchev–Trinajstić information content (AvgIpc) is 2.54. The van der Waals surface area contributed by atoms with Crippen LogP contribution in [0.1, 0.15) is 15.9 Å². The molecule has 26 heavy (non-hydrogen) atoms. The summed E-state index contributed by atoms with van der Waals surface area (Å²) in [6.45, 7) is 1.55. The van der Waals surface area contributed by atoms with E-state index in [1.807, 2.05) is 0 Å². The molecular weight excluding hydrogens is 362 g/mol. The summed E-state index contributed by atoms with van der Waals surface area (Å²) in [5.74, 6) is -0.474. The third-order valence-electron chi connectivity index (χ3n) is 3.42. The summed E-state index contributed by atoms with van der Waals surface area (Å²) in [7, 11) is -2.15. The predicted molar refractivity (Wildman–Crippen MR) is 97.2 cm³/mol. The second-order valence-electron chi connectivity index (χ2n) is 5.47. The highest BCUT2D eigenvalue weighted by Gasteiger charge is 2.22. The molecule has 9 nitrogen and oxygen atoms in total. The van der Waals surface area contributed by atoms with Gasteiger partial charge in [0.25, 0.3) is 11.6 Å². The summed E-state index contributed by atoms with van der Waals surface area (Å²) in [4.78, 5) is 23.0. The Labute approximate surface area is 150 Å². The number of hydrogen-bond acceptors (Lipinski definition) is 6. The molecule has 2 aromatic rings. The molecule has 0 saturated carbocycles. The van der Waals surface area contributed by atoms with E-state index in [4.69, 9.17) is 4.74 Å². The molecule has 138 valence electrons. The van der Waals surface area contributed by atoms with Gasteiger partial charge in [0.05, 0.1) is 24.0 Å². The van der Waals surface area contributed by atoms with Crippen molar-refractivity contribution in [3.8, 4) is 5.75 Å². The average molecular weight is 379 g/mol. The van der Waals surface area contributed by atoms with E-state index in [-0.39, 0.29) is 22.7 Å². The number of nitrogens with one attached hydrogen (secondary N) is 2. The Morgan fingerprint density at radius 2 is 1.92 bits per heavy atom. The van der Waals surface area contributed by atoms with Crippen molar-refractivity contribution >= 4 is 33.0 Å².